The zero-order valence-electron chi connectivity index (χ0n) is 19.4. The van der Waals surface area contributed by atoms with Crippen molar-refractivity contribution in [3.05, 3.63) is 64.7 Å². The summed E-state index contributed by atoms with van der Waals surface area (Å²) in [5.74, 6) is -1.01. The van der Waals surface area contributed by atoms with Crippen LogP contribution in [0.5, 0.6) is 0 Å². The lowest BCUT2D eigenvalue weighted by Crippen LogP contribution is -2.49. The molecule has 2 heterocycles. The minimum absolute atomic E-state index is 0.0153. The first-order valence-electron chi connectivity index (χ1n) is 11.5. The molecule has 2 aliphatic heterocycles. The van der Waals surface area contributed by atoms with Crippen molar-refractivity contribution in [2.75, 3.05) is 31.1 Å². The summed E-state index contributed by atoms with van der Waals surface area (Å²) in [7, 11) is 0. The summed E-state index contributed by atoms with van der Waals surface area (Å²) in [6, 6.07) is 12.9. The first-order valence-corrected chi connectivity index (χ1v) is 11.5. The van der Waals surface area contributed by atoms with Gasteiger partial charge in [-0.2, -0.15) is 18.4 Å². The number of nitrogens with two attached hydrogens (primary N) is 1. The summed E-state index contributed by atoms with van der Waals surface area (Å²) in [4.78, 5) is 28.8. The van der Waals surface area contributed by atoms with Crippen LogP contribution in [0.4, 0.5) is 18.9 Å². The zero-order chi connectivity index (χ0) is 25.4. The van der Waals surface area contributed by atoms with E-state index < -0.39 is 34.5 Å². The molecule has 2 amide bonds. The summed E-state index contributed by atoms with van der Waals surface area (Å²) in [6.45, 7) is 3.46. The highest BCUT2D eigenvalue weighted by molar-refractivity contribution is 5.81. The molecule has 4 rings (SSSR count). The Morgan fingerprint density at radius 2 is 1.86 bits per heavy atom. The molecule has 0 bridgehead atoms. The highest BCUT2D eigenvalue weighted by Gasteiger charge is 2.51. The third-order valence-electron chi connectivity index (χ3n) is 7.50. The van der Waals surface area contributed by atoms with Crippen LogP contribution >= 0.6 is 0 Å². The molecule has 0 aromatic heterocycles. The molecule has 35 heavy (non-hydrogen) atoms. The number of rotatable bonds is 4. The van der Waals surface area contributed by atoms with E-state index in [4.69, 9.17) is 11.0 Å². The zero-order valence-corrected chi connectivity index (χ0v) is 19.4. The number of anilines is 1. The maximum atomic E-state index is 13.5. The third-order valence-corrected chi connectivity index (χ3v) is 7.50. The maximum absolute atomic E-state index is 13.5. The number of carbonyl (C=O) groups is 2. The van der Waals surface area contributed by atoms with Crippen molar-refractivity contribution in [1.82, 2.24) is 4.90 Å². The fraction of sp³-hybridized carbons (Fsp3) is 0.423. The minimum Gasteiger partial charge on any atom is -0.370 e. The largest absolute Gasteiger partial charge is 0.417 e. The average Bonchev–Trinajstić information content (AvgIpc) is 3.19. The molecule has 2 fully saturated rings. The molecule has 1 spiro atoms. The van der Waals surface area contributed by atoms with Gasteiger partial charge in [-0.1, -0.05) is 24.3 Å². The van der Waals surface area contributed by atoms with Crippen molar-refractivity contribution in [3.63, 3.8) is 0 Å². The van der Waals surface area contributed by atoms with Gasteiger partial charge < -0.3 is 15.5 Å². The lowest BCUT2D eigenvalue weighted by atomic mass is 9.70. The van der Waals surface area contributed by atoms with Gasteiger partial charge in [-0.25, -0.2) is 0 Å². The molecule has 9 heteroatoms. The van der Waals surface area contributed by atoms with Crippen LogP contribution in [0.2, 0.25) is 0 Å². The normalized spacial score (nSPS) is 19.6. The van der Waals surface area contributed by atoms with E-state index in [0.717, 1.165) is 23.3 Å². The van der Waals surface area contributed by atoms with E-state index in [9.17, 15) is 22.8 Å². The number of benzene rings is 2. The molecular weight excluding hydrogens is 457 g/mol. The number of nitriles is 1. The Bertz CT molecular complexity index is 1180. The van der Waals surface area contributed by atoms with Crippen molar-refractivity contribution >= 4 is 17.5 Å². The molecule has 0 saturated carbocycles. The van der Waals surface area contributed by atoms with Crippen molar-refractivity contribution < 1.29 is 22.8 Å². The van der Waals surface area contributed by atoms with E-state index in [1.165, 1.54) is 6.07 Å². The Balaban J connectivity index is 1.51. The number of amides is 2. The van der Waals surface area contributed by atoms with Gasteiger partial charge in [-0.05, 0) is 49.1 Å². The standard InChI is InChI=1S/C26H27F3N4O2/c1-17-4-2-3-5-18(17)12-23(34)32-10-8-25(9-11-32)16-33(15-22(25)24(31)35)20-7-6-19(14-30)21(13-20)26(27,28)29/h2-7,13,22H,8-12,15-16H2,1H3,(H2,31,35). The summed E-state index contributed by atoms with van der Waals surface area (Å²) in [6.07, 6.45) is -3.28. The van der Waals surface area contributed by atoms with E-state index >= 15 is 0 Å². The van der Waals surface area contributed by atoms with Gasteiger partial charge in [-0.15, -0.1) is 0 Å². The van der Waals surface area contributed by atoms with Gasteiger partial charge in [0.25, 0.3) is 0 Å². The van der Waals surface area contributed by atoms with Crippen LogP contribution in [-0.4, -0.2) is 42.9 Å². The summed E-state index contributed by atoms with van der Waals surface area (Å²) in [5.41, 5.74) is 6.11. The van der Waals surface area contributed by atoms with Crippen LogP contribution in [0.3, 0.4) is 0 Å². The molecule has 0 radical (unpaired) electrons. The molecule has 184 valence electrons. The molecule has 2 aliphatic rings. The molecule has 1 unspecified atom stereocenters. The molecule has 0 aliphatic carbocycles. The number of piperidine rings is 1. The lowest BCUT2D eigenvalue weighted by Gasteiger charge is -2.41. The van der Waals surface area contributed by atoms with E-state index in [1.807, 2.05) is 31.2 Å². The average molecular weight is 485 g/mol. The Labute approximate surface area is 202 Å². The summed E-state index contributed by atoms with van der Waals surface area (Å²) >= 11 is 0. The number of nitrogens with zero attached hydrogens (tertiary/aromatic N) is 3. The Morgan fingerprint density at radius 3 is 2.46 bits per heavy atom. The van der Waals surface area contributed by atoms with E-state index in [2.05, 4.69) is 0 Å². The van der Waals surface area contributed by atoms with Crippen LogP contribution in [0.25, 0.3) is 0 Å². The van der Waals surface area contributed by atoms with Gasteiger partial charge >= 0.3 is 6.18 Å². The Kier molecular flexibility index (Phi) is 6.50. The number of hydrogen-bond acceptors (Lipinski definition) is 4. The quantitative estimate of drug-likeness (QED) is 0.717. The second-order valence-corrected chi connectivity index (χ2v) is 9.52. The van der Waals surface area contributed by atoms with Crippen LogP contribution in [0.15, 0.2) is 42.5 Å². The first kappa shape index (κ1) is 24.6. The molecule has 6 nitrogen and oxygen atoms in total. The van der Waals surface area contributed by atoms with Crippen molar-refractivity contribution in [1.29, 1.82) is 5.26 Å². The smallest absolute Gasteiger partial charge is 0.370 e. The molecule has 2 N–H and O–H groups in total. The second kappa shape index (κ2) is 9.25. The number of primary amides is 1. The highest BCUT2D eigenvalue weighted by atomic mass is 19.4. The van der Waals surface area contributed by atoms with Gasteiger partial charge in [0.05, 0.1) is 29.5 Å². The summed E-state index contributed by atoms with van der Waals surface area (Å²) < 4.78 is 40.4. The van der Waals surface area contributed by atoms with E-state index in [0.29, 0.717) is 44.6 Å². The minimum atomic E-state index is -4.66. The van der Waals surface area contributed by atoms with Crippen LogP contribution in [0.1, 0.15) is 35.1 Å². The monoisotopic (exact) mass is 484 g/mol. The van der Waals surface area contributed by atoms with Crippen LogP contribution in [0, 0.1) is 29.6 Å². The van der Waals surface area contributed by atoms with Gasteiger partial charge in [0.1, 0.15) is 0 Å². The second-order valence-electron chi connectivity index (χ2n) is 9.52. The van der Waals surface area contributed by atoms with Gasteiger partial charge in [-0.3, -0.25) is 9.59 Å². The fourth-order valence-electron chi connectivity index (χ4n) is 5.41. The van der Waals surface area contributed by atoms with E-state index in [-0.39, 0.29) is 12.5 Å². The number of alkyl halides is 3. The predicted molar refractivity (Wildman–Crippen MR) is 124 cm³/mol. The first-order chi connectivity index (χ1) is 16.5. The third kappa shape index (κ3) is 4.83. The van der Waals surface area contributed by atoms with Crippen LogP contribution in [-0.2, 0) is 22.2 Å². The lowest BCUT2D eigenvalue weighted by molar-refractivity contribution is -0.138. The van der Waals surface area contributed by atoms with Crippen molar-refractivity contribution in [2.24, 2.45) is 17.1 Å². The molecular formula is C26H27F3N4O2. The number of hydrogen-bond donors (Lipinski definition) is 1. The molecule has 2 aromatic rings. The molecule has 2 aromatic carbocycles. The highest BCUT2D eigenvalue weighted by Crippen LogP contribution is 2.46. The van der Waals surface area contributed by atoms with Gasteiger partial charge in [0, 0.05) is 37.3 Å². The maximum Gasteiger partial charge on any atom is 0.417 e. The SMILES string of the molecule is Cc1ccccc1CC(=O)N1CCC2(CC1)CN(c1ccc(C#N)c(C(F)(F)F)c1)CC2C(N)=O. The molecule has 1 atom stereocenters. The topological polar surface area (TPSA) is 90.4 Å². The van der Waals surface area contributed by atoms with Crippen molar-refractivity contribution in [3.8, 4) is 6.07 Å². The molecule has 2 saturated heterocycles. The predicted octanol–water partition coefficient (Wildman–Crippen LogP) is 3.66. The van der Waals surface area contributed by atoms with Gasteiger partial charge in [0.2, 0.25) is 11.8 Å². The number of aryl methyl sites for hydroxylation is 1. The van der Waals surface area contributed by atoms with Crippen LogP contribution < -0.4 is 10.6 Å². The fourth-order valence-corrected chi connectivity index (χ4v) is 5.41. The number of likely N-dealkylation sites (tertiary alicyclic amines) is 1. The van der Waals surface area contributed by atoms with E-state index in [1.54, 1.807) is 15.9 Å². The number of carbonyl (C=O) groups excluding carboxylic acids is 2. The Morgan fingerprint density at radius 1 is 1.17 bits per heavy atom. The summed E-state index contributed by atoms with van der Waals surface area (Å²) in [5, 5.41) is 9.07. The van der Waals surface area contributed by atoms with Crippen molar-refractivity contribution in [2.45, 2.75) is 32.4 Å². The van der Waals surface area contributed by atoms with Gasteiger partial charge in [0.15, 0.2) is 0 Å². The number of halogens is 3. The Hall–Kier alpha value is -3.54.